The zero-order valence-electron chi connectivity index (χ0n) is 10.7. The fourth-order valence-electron chi connectivity index (χ4n) is 2.15. The molecule has 0 spiro atoms. The molecule has 1 aliphatic heterocycles. The molecule has 1 atom stereocenters. The number of nitrogens with one attached hydrogen (secondary N) is 2. The Labute approximate surface area is 116 Å². The molecule has 0 radical (unpaired) electrons. The average molecular weight is 267 g/mol. The summed E-state index contributed by atoms with van der Waals surface area (Å²) >= 11 is 0. The Kier molecular flexibility index (Phi) is 3.16. The first kappa shape index (κ1) is 12.3. The molecule has 0 bridgehead atoms. The van der Waals surface area contributed by atoms with Crippen LogP contribution in [0.2, 0.25) is 0 Å². The molecular formula is C15H13N3O2. The number of rotatable bonds is 3. The number of benzene rings is 1. The lowest BCUT2D eigenvalue weighted by Crippen LogP contribution is -2.40. The van der Waals surface area contributed by atoms with Crippen LogP contribution in [0.4, 0.5) is 11.5 Å². The number of anilines is 2. The summed E-state index contributed by atoms with van der Waals surface area (Å²) in [5.41, 5.74) is 1.34. The van der Waals surface area contributed by atoms with Crippen LogP contribution in [-0.4, -0.2) is 22.7 Å². The van der Waals surface area contributed by atoms with Crippen LogP contribution in [0.1, 0.15) is 16.8 Å². The highest BCUT2D eigenvalue weighted by molar-refractivity contribution is 6.06. The molecule has 3 rings (SSSR count). The minimum Gasteiger partial charge on any atom is -0.370 e. The van der Waals surface area contributed by atoms with E-state index in [2.05, 4.69) is 15.6 Å². The van der Waals surface area contributed by atoms with E-state index in [9.17, 15) is 9.59 Å². The van der Waals surface area contributed by atoms with Gasteiger partial charge in [-0.05, 0) is 12.1 Å². The van der Waals surface area contributed by atoms with Gasteiger partial charge in [-0.2, -0.15) is 0 Å². The molecule has 2 aromatic rings. The number of carbonyl (C=O) groups is 2. The van der Waals surface area contributed by atoms with Crippen molar-refractivity contribution in [3.63, 3.8) is 0 Å². The van der Waals surface area contributed by atoms with Crippen LogP contribution in [-0.2, 0) is 4.79 Å². The van der Waals surface area contributed by atoms with Gasteiger partial charge >= 0.3 is 0 Å². The van der Waals surface area contributed by atoms with Gasteiger partial charge in [-0.25, -0.2) is 4.98 Å². The van der Waals surface area contributed by atoms with Crippen molar-refractivity contribution in [3.05, 3.63) is 54.2 Å². The number of Topliss-reactive ketones (excluding diaryl/α,β-unsaturated/α-hetero) is 1. The second-order valence-corrected chi connectivity index (χ2v) is 4.58. The summed E-state index contributed by atoms with van der Waals surface area (Å²) in [4.78, 5) is 28.2. The molecule has 1 aromatic carbocycles. The largest absolute Gasteiger partial charge is 0.370 e. The summed E-state index contributed by atoms with van der Waals surface area (Å²) in [5.74, 6) is 0.201. The summed E-state index contributed by atoms with van der Waals surface area (Å²) in [6.45, 7) is 0. The number of aromatic nitrogens is 1. The first-order valence-electron chi connectivity index (χ1n) is 6.35. The second kappa shape index (κ2) is 5.13. The van der Waals surface area contributed by atoms with E-state index in [1.165, 1.54) is 0 Å². The first-order chi connectivity index (χ1) is 9.74. The standard InChI is InChI=1S/C15H13N3O2/c19-13(10-5-2-1-3-6-10)9-12-15(20)18-14-11(17-12)7-4-8-16-14/h1-8,12,17H,9H2,(H,16,18,20). The molecule has 5 nitrogen and oxygen atoms in total. The van der Waals surface area contributed by atoms with E-state index in [1.54, 1.807) is 36.5 Å². The van der Waals surface area contributed by atoms with E-state index >= 15 is 0 Å². The van der Waals surface area contributed by atoms with Crippen LogP contribution in [0.25, 0.3) is 0 Å². The minimum absolute atomic E-state index is 0.0643. The summed E-state index contributed by atoms with van der Waals surface area (Å²) < 4.78 is 0. The number of fused-ring (bicyclic) bond motifs is 1. The number of pyridine rings is 1. The van der Waals surface area contributed by atoms with E-state index in [4.69, 9.17) is 0 Å². The van der Waals surface area contributed by atoms with E-state index in [-0.39, 0.29) is 18.1 Å². The monoisotopic (exact) mass is 267 g/mol. The van der Waals surface area contributed by atoms with Gasteiger partial charge in [-0.15, -0.1) is 0 Å². The lowest BCUT2D eigenvalue weighted by Gasteiger charge is -2.25. The normalized spacial score (nSPS) is 16.8. The maximum Gasteiger partial charge on any atom is 0.248 e. The quantitative estimate of drug-likeness (QED) is 0.835. The predicted octanol–water partition coefficient (Wildman–Crippen LogP) is 2.09. The molecule has 2 heterocycles. The zero-order valence-corrected chi connectivity index (χ0v) is 10.7. The Bertz CT molecular complexity index is 655. The number of amides is 1. The zero-order chi connectivity index (χ0) is 13.9. The Morgan fingerprint density at radius 1 is 1.15 bits per heavy atom. The molecule has 1 amide bonds. The summed E-state index contributed by atoms with van der Waals surface area (Å²) in [6, 6.07) is 12.0. The van der Waals surface area contributed by atoms with Gasteiger partial charge < -0.3 is 10.6 Å². The number of hydrogen-bond acceptors (Lipinski definition) is 4. The highest BCUT2D eigenvalue weighted by atomic mass is 16.2. The Hall–Kier alpha value is -2.69. The van der Waals surface area contributed by atoms with Crippen molar-refractivity contribution in [1.29, 1.82) is 0 Å². The Morgan fingerprint density at radius 3 is 2.75 bits per heavy atom. The number of nitrogens with zero attached hydrogens (tertiary/aromatic N) is 1. The third-order valence-corrected chi connectivity index (χ3v) is 3.18. The van der Waals surface area contributed by atoms with Crippen LogP contribution in [0.3, 0.4) is 0 Å². The number of hydrogen-bond donors (Lipinski definition) is 2. The van der Waals surface area contributed by atoms with Crippen molar-refractivity contribution in [2.45, 2.75) is 12.5 Å². The maximum absolute atomic E-state index is 12.1. The topological polar surface area (TPSA) is 71.1 Å². The molecule has 20 heavy (non-hydrogen) atoms. The van der Waals surface area contributed by atoms with Gasteiger partial charge in [-0.3, -0.25) is 9.59 Å². The molecule has 1 unspecified atom stereocenters. The molecule has 1 aliphatic rings. The molecule has 0 fully saturated rings. The van der Waals surface area contributed by atoms with Crippen LogP contribution >= 0.6 is 0 Å². The summed E-state index contributed by atoms with van der Waals surface area (Å²) in [5, 5.41) is 5.75. The van der Waals surface area contributed by atoms with Crippen LogP contribution in [0.5, 0.6) is 0 Å². The average Bonchev–Trinajstić information content (AvgIpc) is 2.49. The molecule has 2 N–H and O–H groups in total. The highest BCUT2D eigenvalue weighted by Gasteiger charge is 2.28. The molecule has 5 heteroatoms. The van der Waals surface area contributed by atoms with Crippen molar-refractivity contribution >= 4 is 23.2 Å². The third-order valence-electron chi connectivity index (χ3n) is 3.18. The van der Waals surface area contributed by atoms with Crippen molar-refractivity contribution in [1.82, 2.24) is 4.98 Å². The van der Waals surface area contributed by atoms with Crippen molar-refractivity contribution in [2.24, 2.45) is 0 Å². The van der Waals surface area contributed by atoms with Crippen molar-refractivity contribution < 1.29 is 9.59 Å². The summed E-state index contributed by atoms with van der Waals surface area (Å²) in [7, 11) is 0. The van der Waals surface area contributed by atoms with E-state index < -0.39 is 6.04 Å². The first-order valence-corrected chi connectivity index (χ1v) is 6.35. The van der Waals surface area contributed by atoms with E-state index in [0.29, 0.717) is 11.4 Å². The molecule has 1 aromatic heterocycles. The SMILES string of the molecule is O=C(CC1Nc2cccnc2NC1=O)c1ccccc1. The van der Waals surface area contributed by atoms with Gasteiger partial charge in [0.05, 0.1) is 5.69 Å². The van der Waals surface area contributed by atoms with Crippen LogP contribution in [0, 0.1) is 0 Å². The van der Waals surface area contributed by atoms with Gasteiger partial charge in [0.25, 0.3) is 0 Å². The second-order valence-electron chi connectivity index (χ2n) is 4.58. The van der Waals surface area contributed by atoms with Gasteiger partial charge in [-0.1, -0.05) is 30.3 Å². The summed E-state index contributed by atoms with van der Waals surface area (Å²) in [6.07, 6.45) is 1.72. The molecule has 0 saturated carbocycles. The fraction of sp³-hybridized carbons (Fsp3) is 0.133. The third kappa shape index (κ3) is 2.38. The van der Waals surface area contributed by atoms with Gasteiger partial charge in [0.15, 0.2) is 11.6 Å². The Morgan fingerprint density at radius 2 is 1.95 bits per heavy atom. The highest BCUT2D eigenvalue weighted by Crippen LogP contribution is 2.24. The molecule has 0 saturated heterocycles. The predicted molar refractivity (Wildman–Crippen MR) is 75.7 cm³/mol. The van der Waals surface area contributed by atoms with E-state index in [0.717, 1.165) is 5.69 Å². The molecular weight excluding hydrogens is 254 g/mol. The van der Waals surface area contributed by atoms with E-state index in [1.807, 2.05) is 12.1 Å². The molecule has 100 valence electrons. The molecule has 0 aliphatic carbocycles. The maximum atomic E-state index is 12.1. The lowest BCUT2D eigenvalue weighted by molar-refractivity contribution is -0.117. The smallest absolute Gasteiger partial charge is 0.248 e. The van der Waals surface area contributed by atoms with Crippen LogP contribution in [0.15, 0.2) is 48.7 Å². The van der Waals surface area contributed by atoms with Gasteiger partial charge in [0.1, 0.15) is 6.04 Å². The van der Waals surface area contributed by atoms with Crippen molar-refractivity contribution in [3.8, 4) is 0 Å². The van der Waals surface area contributed by atoms with Gasteiger partial charge in [0, 0.05) is 18.2 Å². The lowest BCUT2D eigenvalue weighted by atomic mass is 10.0. The van der Waals surface area contributed by atoms with Crippen LogP contribution < -0.4 is 10.6 Å². The fourth-order valence-corrected chi connectivity index (χ4v) is 2.15. The van der Waals surface area contributed by atoms with Gasteiger partial charge in [0.2, 0.25) is 5.91 Å². The number of carbonyl (C=O) groups excluding carboxylic acids is 2. The minimum atomic E-state index is -0.570. The Balaban J connectivity index is 1.76. The van der Waals surface area contributed by atoms with Crippen molar-refractivity contribution in [2.75, 3.05) is 10.6 Å². The number of ketones is 1.